The van der Waals surface area contributed by atoms with Gasteiger partial charge in [0.1, 0.15) is 5.69 Å². The van der Waals surface area contributed by atoms with Gasteiger partial charge >= 0.3 is 6.18 Å². The average Bonchev–Trinajstić information content (AvgIpc) is 2.79. The van der Waals surface area contributed by atoms with Crippen molar-refractivity contribution in [3.63, 3.8) is 0 Å². The first-order valence-electron chi connectivity index (χ1n) is 11.0. The van der Waals surface area contributed by atoms with Crippen LogP contribution in [0.3, 0.4) is 0 Å². The minimum atomic E-state index is -4.51. The molecule has 2 aromatic carbocycles. The number of fused-ring (bicyclic) bond motifs is 1. The molecule has 0 radical (unpaired) electrons. The van der Waals surface area contributed by atoms with Gasteiger partial charge in [0.2, 0.25) is 0 Å². The third-order valence-corrected chi connectivity index (χ3v) is 6.56. The summed E-state index contributed by atoms with van der Waals surface area (Å²) in [4.78, 5) is 16.2. The van der Waals surface area contributed by atoms with Crippen molar-refractivity contribution in [2.45, 2.75) is 50.9 Å². The summed E-state index contributed by atoms with van der Waals surface area (Å²) in [5.41, 5.74) is 0.431. The van der Waals surface area contributed by atoms with E-state index in [9.17, 15) is 18.0 Å². The Morgan fingerprint density at radius 1 is 1.06 bits per heavy atom. The van der Waals surface area contributed by atoms with Crippen molar-refractivity contribution in [3.05, 3.63) is 70.9 Å². The van der Waals surface area contributed by atoms with Crippen LogP contribution >= 0.6 is 11.6 Å². The quantitative estimate of drug-likeness (QED) is 0.432. The molecule has 1 amide bonds. The van der Waals surface area contributed by atoms with E-state index in [0.717, 1.165) is 31.7 Å². The van der Waals surface area contributed by atoms with Crippen LogP contribution in [0, 0.1) is 5.92 Å². The molecule has 0 aliphatic heterocycles. The van der Waals surface area contributed by atoms with Crippen molar-refractivity contribution in [1.82, 2.24) is 10.3 Å². The Hall–Kier alpha value is -2.80. The highest BCUT2D eigenvalue weighted by Crippen LogP contribution is 2.35. The third-order valence-electron chi connectivity index (χ3n) is 6.31. The van der Waals surface area contributed by atoms with Gasteiger partial charge in [-0.25, -0.2) is 4.98 Å². The van der Waals surface area contributed by atoms with Crippen LogP contribution in [0.25, 0.3) is 10.9 Å². The van der Waals surface area contributed by atoms with Gasteiger partial charge in [0.25, 0.3) is 5.91 Å². The lowest BCUT2D eigenvalue weighted by atomic mass is 9.82. The lowest BCUT2D eigenvalue weighted by molar-refractivity contribution is -0.140. The minimum absolute atomic E-state index is 0.0233. The van der Waals surface area contributed by atoms with Gasteiger partial charge in [0.15, 0.2) is 0 Å². The number of para-hydroxylation sites is 1. The molecule has 0 saturated heterocycles. The molecule has 1 aromatic heterocycles. The van der Waals surface area contributed by atoms with Gasteiger partial charge in [-0.05, 0) is 74.9 Å². The Labute approximate surface area is 195 Å². The summed E-state index contributed by atoms with van der Waals surface area (Å²) < 4.78 is 40.0. The first-order chi connectivity index (χ1) is 15.7. The highest BCUT2D eigenvalue weighted by molar-refractivity contribution is 6.30. The second-order valence-corrected chi connectivity index (χ2v) is 9.03. The summed E-state index contributed by atoms with van der Waals surface area (Å²) in [5, 5.41) is 7.64. The molecule has 1 aliphatic rings. The van der Waals surface area contributed by atoms with E-state index < -0.39 is 11.9 Å². The number of aromatic nitrogens is 1. The van der Waals surface area contributed by atoms with Crippen LogP contribution in [0.5, 0.6) is 0 Å². The Morgan fingerprint density at radius 2 is 1.73 bits per heavy atom. The molecule has 33 heavy (non-hydrogen) atoms. The predicted molar refractivity (Wildman–Crippen MR) is 124 cm³/mol. The molecule has 2 N–H and O–H groups in total. The molecular weight excluding hydrogens is 451 g/mol. The fourth-order valence-electron chi connectivity index (χ4n) is 4.44. The minimum Gasteiger partial charge on any atom is -0.382 e. The summed E-state index contributed by atoms with van der Waals surface area (Å²) in [6, 6.07) is 14.8. The Morgan fingerprint density at radius 3 is 2.39 bits per heavy atom. The van der Waals surface area contributed by atoms with E-state index in [1.807, 2.05) is 6.92 Å². The lowest BCUT2D eigenvalue weighted by Gasteiger charge is -2.33. The van der Waals surface area contributed by atoms with Crippen molar-refractivity contribution in [1.29, 1.82) is 0 Å². The Bertz CT molecular complexity index is 1130. The normalized spacial score (nSPS) is 19.8. The van der Waals surface area contributed by atoms with Crippen LogP contribution in [0.4, 0.5) is 18.9 Å². The largest absolute Gasteiger partial charge is 0.433 e. The van der Waals surface area contributed by atoms with Crippen LogP contribution in [-0.4, -0.2) is 23.0 Å². The topological polar surface area (TPSA) is 54.0 Å². The zero-order chi connectivity index (χ0) is 23.6. The zero-order valence-electron chi connectivity index (χ0n) is 18.1. The van der Waals surface area contributed by atoms with Crippen LogP contribution in [-0.2, 0) is 6.18 Å². The molecule has 1 aliphatic carbocycles. The molecule has 1 atom stereocenters. The molecule has 1 heterocycles. The van der Waals surface area contributed by atoms with Crippen LogP contribution < -0.4 is 10.6 Å². The van der Waals surface area contributed by atoms with Crippen molar-refractivity contribution in [3.8, 4) is 0 Å². The maximum absolute atomic E-state index is 13.3. The molecule has 0 unspecified atom stereocenters. The first-order valence-corrected chi connectivity index (χ1v) is 11.4. The van der Waals surface area contributed by atoms with Crippen molar-refractivity contribution < 1.29 is 18.0 Å². The first kappa shape index (κ1) is 23.4. The van der Waals surface area contributed by atoms with E-state index in [2.05, 4.69) is 15.6 Å². The monoisotopic (exact) mass is 475 g/mol. The van der Waals surface area contributed by atoms with Gasteiger partial charge in [-0.3, -0.25) is 4.79 Å². The number of amides is 1. The van der Waals surface area contributed by atoms with Gasteiger partial charge in [-0.15, -0.1) is 0 Å². The average molecular weight is 476 g/mol. The molecule has 3 aromatic rings. The number of benzene rings is 2. The number of hydrogen-bond acceptors (Lipinski definition) is 3. The number of anilines is 1. The second kappa shape index (κ2) is 9.59. The maximum Gasteiger partial charge on any atom is 0.433 e. The number of carbonyl (C=O) groups excluding carboxylic acids is 1. The van der Waals surface area contributed by atoms with Crippen molar-refractivity contribution in [2.24, 2.45) is 5.92 Å². The highest BCUT2D eigenvalue weighted by atomic mass is 35.5. The summed E-state index contributed by atoms with van der Waals surface area (Å²) in [6.45, 7) is 2.00. The highest BCUT2D eigenvalue weighted by Gasteiger charge is 2.34. The van der Waals surface area contributed by atoms with Gasteiger partial charge < -0.3 is 10.6 Å². The van der Waals surface area contributed by atoms with Crippen LogP contribution in [0.2, 0.25) is 5.02 Å². The van der Waals surface area contributed by atoms with Gasteiger partial charge in [0, 0.05) is 33.7 Å². The molecular formula is C25H25ClF3N3O. The second-order valence-electron chi connectivity index (χ2n) is 8.60. The molecule has 4 nitrogen and oxygen atoms in total. The summed E-state index contributed by atoms with van der Waals surface area (Å²) >= 11 is 5.88. The van der Waals surface area contributed by atoms with E-state index in [4.69, 9.17) is 11.6 Å². The van der Waals surface area contributed by atoms with Crippen LogP contribution in [0.15, 0.2) is 54.6 Å². The van der Waals surface area contributed by atoms with E-state index in [0.29, 0.717) is 27.2 Å². The summed E-state index contributed by atoms with van der Waals surface area (Å²) in [6.07, 6.45) is -1.13. The van der Waals surface area contributed by atoms with E-state index in [1.54, 1.807) is 48.5 Å². The number of alkyl halides is 3. The smallest absolute Gasteiger partial charge is 0.382 e. The lowest BCUT2D eigenvalue weighted by Crippen LogP contribution is -2.40. The Balaban J connectivity index is 1.39. The van der Waals surface area contributed by atoms with Gasteiger partial charge in [0.05, 0.1) is 5.52 Å². The Kier molecular flexibility index (Phi) is 6.79. The summed E-state index contributed by atoms with van der Waals surface area (Å²) in [5.74, 6) is 0.166. The summed E-state index contributed by atoms with van der Waals surface area (Å²) in [7, 11) is 0. The van der Waals surface area contributed by atoms with E-state index >= 15 is 0 Å². The molecule has 1 saturated carbocycles. The zero-order valence-corrected chi connectivity index (χ0v) is 18.9. The van der Waals surface area contributed by atoms with Crippen molar-refractivity contribution in [2.75, 3.05) is 5.32 Å². The SMILES string of the molecule is C[C@H](Nc1cc(C(F)(F)F)nc2ccccc12)C1CCC(NC(=O)c2ccc(Cl)cc2)CC1. The standard InChI is InChI=1S/C25H25ClF3N3O/c1-15(30-22-14-23(25(27,28)29)32-21-5-3-2-4-20(21)22)16-8-12-19(13-9-16)31-24(33)17-6-10-18(26)11-7-17/h2-7,10-11,14-16,19H,8-9,12-13H2,1H3,(H,30,32)(H,31,33)/t15-,16?,19?/m0/s1. The molecule has 174 valence electrons. The molecule has 8 heteroatoms. The van der Waals surface area contributed by atoms with Crippen LogP contribution in [0.1, 0.15) is 48.7 Å². The number of pyridine rings is 1. The molecule has 4 rings (SSSR count). The fourth-order valence-corrected chi connectivity index (χ4v) is 4.56. The van der Waals surface area contributed by atoms with Gasteiger partial charge in [-0.1, -0.05) is 29.8 Å². The number of nitrogens with one attached hydrogen (secondary N) is 2. The number of nitrogens with zero attached hydrogens (tertiary/aromatic N) is 1. The molecule has 1 fully saturated rings. The number of halogens is 4. The number of hydrogen-bond donors (Lipinski definition) is 2. The maximum atomic E-state index is 13.3. The molecule has 0 bridgehead atoms. The fraction of sp³-hybridized carbons (Fsp3) is 0.360. The number of carbonyl (C=O) groups is 1. The number of rotatable bonds is 5. The van der Waals surface area contributed by atoms with Gasteiger partial charge in [-0.2, -0.15) is 13.2 Å². The molecule has 0 spiro atoms. The van der Waals surface area contributed by atoms with Crippen molar-refractivity contribution >= 4 is 34.1 Å². The predicted octanol–water partition coefficient (Wildman–Crippen LogP) is 6.70. The van der Waals surface area contributed by atoms with E-state index in [1.165, 1.54) is 0 Å². The van der Waals surface area contributed by atoms with E-state index in [-0.39, 0.29) is 23.9 Å². The third kappa shape index (κ3) is 5.58.